The first kappa shape index (κ1) is 9.08. The summed E-state index contributed by atoms with van der Waals surface area (Å²) in [5.74, 6) is 0. The summed E-state index contributed by atoms with van der Waals surface area (Å²) in [5.41, 5.74) is 0.353. The van der Waals surface area contributed by atoms with Crippen molar-refractivity contribution in [1.82, 2.24) is 0 Å². The predicted molar refractivity (Wildman–Crippen MR) is 48.4 cm³/mol. The summed E-state index contributed by atoms with van der Waals surface area (Å²) >= 11 is 13.3. The molecule has 0 saturated carbocycles. The second-order valence-corrected chi connectivity index (χ2v) is 3.64. The van der Waals surface area contributed by atoms with E-state index in [1.165, 1.54) is 0 Å². The number of rotatable bonds is 1. The molecule has 0 aliphatic carbocycles. The van der Waals surface area contributed by atoms with E-state index < -0.39 is 5.24 Å². The van der Waals surface area contributed by atoms with Crippen LogP contribution in [0.15, 0.2) is 18.2 Å². The van der Waals surface area contributed by atoms with Crippen molar-refractivity contribution in [1.29, 1.82) is 0 Å². The standard InChI is InChI=1S/C7H4Cl2OSe/c8-6-4(7(9)10)2-1-3-5(6)11/h1-3,11H. The van der Waals surface area contributed by atoms with E-state index in [0.29, 0.717) is 10.6 Å². The van der Waals surface area contributed by atoms with Gasteiger partial charge in [-0.05, 0) is 0 Å². The molecular weight excluding hydrogens is 250 g/mol. The van der Waals surface area contributed by atoms with Crippen molar-refractivity contribution < 1.29 is 4.79 Å². The molecule has 0 aliphatic heterocycles. The first-order valence-electron chi connectivity index (χ1n) is 2.80. The Bertz CT molecular complexity index is 298. The normalized spacial score (nSPS) is 9.73. The fourth-order valence-corrected chi connectivity index (χ4v) is 1.52. The summed E-state index contributed by atoms with van der Waals surface area (Å²) in [7, 11) is 0. The molecule has 0 fully saturated rings. The number of hydrogen-bond donors (Lipinski definition) is 0. The molecule has 0 aliphatic rings. The third-order valence-corrected chi connectivity index (χ3v) is 2.87. The van der Waals surface area contributed by atoms with Crippen molar-refractivity contribution in [2.45, 2.75) is 0 Å². The zero-order chi connectivity index (χ0) is 8.43. The second-order valence-electron chi connectivity index (χ2n) is 1.91. The topological polar surface area (TPSA) is 17.1 Å². The molecule has 11 heavy (non-hydrogen) atoms. The molecule has 1 aromatic carbocycles. The van der Waals surface area contributed by atoms with Crippen LogP contribution in [0, 0.1) is 0 Å². The zero-order valence-electron chi connectivity index (χ0n) is 5.34. The Morgan fingerprint density at radius 3 is 2.55 bits per heavy atom. The van der Waals surface area contributed by atoms with Crippen LogP contribution < -0.4 is 4.46 Å². The van der Waals surface area contributed by atoms with Gasteiger partial charge in [-0.2, -0.15) is 0 Å². The summed E-state index contributed by atoms with van der Waals surface area (Å²) in [6.07, 6.45) is 0. The minimum absolute atomic E-state index is 0.353. The third kappa shape index (κ3) is 1.97. The number of carbonyl (C=O) groups excluding carboxylic acids is 1. The fraction of sp³-hybridized carbons (Fsp3) is 0. The van der Waals surface area contributed by atoms with Crippen LogP contribution in [0.2, 0.25) is 5.02 Å². The van der Waals surface area contributed by atoms with E-state index in [9.17, 15) is 4.79 Å². The molecule has 0 radical (unpaired) electrons. The van der Waals surface area contributed by atoms with Crippen molar-refractivity contribution in [2.75, 3.05) is 0 Å². The van der Waals surface area contributed by atoms with Crippen molar-refractivity contribution >= 4 is 48.9 Å². The molecule has 0 spiro atoms. The molecule has 0 heterocycles. The van der Waals surface area contributed by atoms with Gasteiger partial charge in [-0.25, -0.2) is 0 Å². The Balaban J connectivity index is 3.27. The Hall–Kier alpha value is -0.0105. The van der Waals surface area contributed by atoms with Crippen LogP contribution >= 0.6 is 23.2 Å². The van der Waals surface area contributed by atoms with Gasteiger partial charge < -0.3 is 0 Å². The molecule has 58 valence electrons. The average Bonchev–Trinajstić information content (AvgIpc) is 1.94. The summed E-state index contributed by atoms with van der Waals surface area (Å²) in [4.78, 5) is 10.7. The molecule has 1 nitrogen and oxygen atoms in total. The van der Waals surface area contributed by atoms with Gasteiger partial charge in [0.15, 0.2) is 0 Å². The Labute approximate surface area is 82.5 Å². The van der Waals surface area contributed by atoms with E-state index in [1.807, 2.05) is 0 Å². The zero-order valence-corrected chi connectivity index (χ0v) is 8.73. The Kier molecular flexibility index (Phi) is 2.97. The molecule has 0 amide bonds. The summed E-state index contributed by atoms with van der Waals surface area (Å²) < 4.78 is 0.797. The van der Waals surface area contributed by atoms with Crippen LogP contribution in [0.1, 0.15) is 10.4 Å². The van der Waals surface area contributed by atoms with E-state index in [-0.39, 0.29) is 0 Å². The van der Waals surface area contributed by atoms with E-state index in [4.69, 9.17) is 23.2 Å². The summed E-state index contributed by atoms with van der Waals surface area (Å²) in [6.45, 7) is 0. The Morgan fingerprint density at radius 1 is 1.45 bits per heavy atom. The van der Waals surface area contributed by atoms with Gasteiger partial charge in [-0.15, -0.1) is 0 Å². The van der Waals surface area contributed by atoms with Crippen LogP contribution in [0.5, 0.6) is 0 Å². The van der Waals surface area contributed by atoms with Gasteiger partial charge in [-0.3, -0.25) is 0 Å². The van der Waals surface area contributed by atoms with E-state index in [1.54, 1.807) is 18.2 Å². The Morgan fingerprint density at radius 2 is 2.09 bits per heavy atom. The van der Waals surface area contributed by atoms with Gasteiger partial charge in [0.2, 0.25) is 0 Å². The van der Waals surface area contributed by atoms with Crippen LogP contribution in [-0.2, 0) is 0 Å². The minimum atomic E-state index is -0.525. The molecule has 0 aromatic heterocycles. The summed E-state index contributed by atoms with van der Waals surface area (Å²) in [5, 5.41) is -0.115. The van der Waals surface area contributed by atoms with Gasteiger partial charge in [-0.1, -0.05) is 0 Å². The molecule has 0 saturated heterocycles. The number of halogens is 2. The first-order valence-corrected chi connectivity index (χ1v) is 4.49. The maximum absolute atomic E-state index is 10.7. The predicted octanol–water partition coefficient (Wildman–Crippen LogP) is 1.25. The van der Waals surface area contributed by atoms with E-state index in [2.05, 4.69) is 16.0 Å². The van der Waals surface area contributed by atoms with Crippen molar-refractivity contribution in [3.63, 3.8) is 0 Å². The van der Waals surface area contributed by atoms with Crippen LogP contribution in [0.25, 0.3) is 0 Å². The SMILES string of the molecule is O=C(Cl)c1cccc([SeH])c1Cl. The van der Waals surface area contributed by atoms with Crippen molar-refractivity contribution in [2.24, 2.45) is 0 Å². The third-order valence-electron chi connectivity index (χ3n) is 1.19. The van der Waals surface area contributed by atoms with E-state index in [0.717, 1.165) is 4.46 Å². The number of benzene rings is 1. The van der Waals surface area contributed by atoms with Gasteiger partial charge in [0, 0.05) is 0 Å². The first-order chi connectivity index (χ1) is 5.13. The van der Waals surface area contributed by atoms with Gasteiger partial charge in [0.25, 0.3) is 0 Å². The van der Waals surface area contributed by atoms with Crippen LogP contribution in [-0.4, -0.2) is 21.3 Å². The van der Waals surface area contributed by atoms with E-state index >= 15 is 0 Å². The number of hydrogen-bond acceptors (Lipinski definition) is 1. The molecule has 0 unspecified atom stereocenters. The average molecular weight is 254 g/mol. The monoisotopic (exact) mass is 254 g/mol. The van der Waals surface area contributed by atoms with Gasteiger partial charge in [0.1, 0.15) is 0 Å². The molecular formula is C7H4Cl2OSe. The molecule has 0 atom stereocenters. The molecule has 0 bridgehead atoms. The summed E-state index contributed by atoms with van der Waals surface area (Å²) in [6, 6.07) is 5.12. The maximum atomic E-state index is 10.7. The van der Waals surface area contributed by atoms with Gasteiger partial charge in [0.05, 0.1) is 0 Å². The van der Waals surface area contributed by atoms with Crippen LogP contribution in [0.4, 0.5) is 0 Å². The molecule has 0 N–H and O–H groups in total. The van der Waals surface area contributed by atoms with Crippen molar-refractivity contribution in [3.8, 4) is 0 Å². The second kappa shape index (κ2) is 3.59. The van der Waals surface area contributed by atoms with Crippen molar-refractivity contribution in [3.05, 3.63) is 28.8 Å². The van der Waals surface area contributed by atoms with Crippen LogP contribution in [0.3, 0.4) is 0 Å². The van der Waals surface area contributed by atoms with Gasteiger partial charge >= 0.3 is 82.5 Å². The molecule has 1 aromatic rings. The molecule has 4 heteroatoms. The fourth-order valence-electron chi connectivity index (χ4n) is 0.672. The number of carbonyl (C=O) groups is 1. The quantitative estimate of drug-likeness (QED) is 0.544. The molecule has 1 rings (SSSR count).